The number of hydrogen-bond donors (Lipinski definition) is 1. The molecule has 0 spiro atoms. The molecule has 0 aromatic carbocycles. The molecular weight excluding hydrogens is 198 g/mol. The normalized spacial score (nSPS) is 10.6. The Morgan fingerprint density at radius 3 is 3.21 bits per heavy atom. The lowest BCUT2D eigenvalue weighted by atomic mass is 10.3. The quantitative estimate of drug-likeness (QED) is 0.827. The number of rotatable bonds is 4. The van der Waals surface area contributed by atoms with E-state index in [1.807, 2.05) is 18.5 Å². The first-order chi connectivity index (χ1) is 6.88. The molecule has 0 atom stereocenters. The molecular formula is C9H11N3OS. The predicted octanol–water partition coefficient (Wildman–Crippen LogP) is 1.44. The van der Waals surface area contributed by atoms with Gasteiger partial charge >= 0.3 is 0 Å². The molecule has 2 aromatic heterocycles. The van der Waals surface area contributed by atoms with Gasteiger partial charge in [-0.3, -0.25) is 0 Å². The number of hydrogen-bond acceptors (Lipinski definition) is 5. The van der Waals surface area contributed by atoms with E-state index < -0.39 is 0 Å². The summed E-state index contributed by atoms with van der Waals surface area (Å²) in [5.41, 5.74) is 0. The second kappa shape index (κ2) is 4.34. The summed E-state index contributed by atoms with van der Waals surface area (Å²) in [4.78, 5) is 5.48. The van der Waals surface area contributed by atoms with Crippen LogP contribution in [0.3, 0.4) is 0 Å². The van der Waals surface area contributed by atoms with Crippen molar-refractivity contribution in [2.24, 2.45) is 0 Å². The molecule has 2 rings (SSSR count). The third-order valence-corrected chi connectivity index (χ3v) is 2.63. The summed E-state index contributed by atoms with van der Waals surface area (Å²) in [6.45, 7) is 0.647. The van der Waals surface area contributed by atoms with Crippen molar-refractivity contribution < 1.29 is 4.52 Å². The molecule has 0 saturated heterocycles. The molecule has 0 amide bonds. The molecule has 0 aliphatic carbocycles. The third kappa shape index (κ3) is 2.18. The van der Waals surface area contributed by atoms with Gasteiger partial charge in [0, 0.05) is 4.88 Å². The van der Waals surface area contributed by atoms with Crippen LogP contribution in [0.4, 0.5) is 0 Å². The van der Waals surface area contributed by atoms with E-state index in [2.05, 4.69) is 21.5 Å². The maximum absolute atomic E-state index is 5.10. The SMILES string of the molecule is CNCc1noc(Cc2cccs2)n1. The molecule has 5 heteroatoms. The Labute approximate surface area is 86.0 Å². The molecule has 74 valence electrons. The van der Waals surface area contributed by atoms with Gasteiger partial charge in [0.25, 0.3) is 0 Å². The van der Waals surface area contributed by atoms with Crippen molar-refractivity contribution in [3.8, 4) is 0 Å². The van der Waals surface area contributed by atoms with Gasteiger partial charge in [-0.15, -0.1) is 11.3 Å². The number of thiophene rings is 1. The minimum atomic E-state index is 0.647. The van der Waals surface area contributed by atoms with Crippen molar-refractivity contribution in [2.45, 2.75) is 13.0 Å². The second-order valence-corrected chi connectivity index (χ2v) is 3.92. The standard InChI is InChI=1S/C9H11N3OS/c1-10-6-8-11-9(13-12-8)5-7-3-2-4-14-7/h2-4,10H,5-6H2,1H3. The van der Waals surface area contributed by atoms with Crippen molar-refractivity contribution in [3.63, 3.8) is 0 Å². The highest BCUT2D eigenvalue weighted by molar-refractivity contribution is 7.09. The van der Waals surface area contributed by atoms with Crippen LogP contribution in [-0.2, 0) is 13.0 Å². The Hall–Kier alpha value is -1.20. The molecule has 0 aliphatic heterocycles. The van der Waals surface area contributed by atoms with Gasteiger partial charge in [0.05, 0.1) is 13.0 Å². The molecule has 0 bridgehead atoms. The lowest BCUT2D eigenvalue weighted by Crippen LogP contribution is -2.06. The van der Waals surface area contributed by atoms with E-state index in [9.17, 15) is 0 Å². The number of nitrogens with zero attached hydrogens (tertiary/aromatic N) is 2. The fourth-order valence-electron chi connectivity index (χ4n) is 1.15. The smallest absolute Gasteiger partial charge is 0.231 e. The summed E-state index contributed by atoms with van der Waals surface area (Å²) in [6.07, 6.45) is 0.731. The molecule has 0 saturated carbocycles. The Morgan fingerprint density at radius 2 is 2.50 bits per heavy atom. The van der Waals surface area contributed by atoms with Gasteiger partial charge in [-0.25, -0.2) is 0 Å². The molecule has 4 nitrogen and oxygen atoms in total. The van der Waals surface area contributed by atoms with Crippen molar-refractivity contribution in [1.29, 1.82) is 0 Å². The molecule has 2 aromatic rings. The maximum atomic E-state index is 5.10. The fraction of sp³-hybridized carbons (Fsp3) is 0.333. The van der Waals surface area contributed by atoms with Crippen molar-refractivity contribution >= 4 is 11.3 Å². The van der Waals surface area contributed by atoms with Gasteiger partial charge in [0.2, 0.25) is 5.89 Å². The molecule has 14 heavy (non-hydrogen) atoms. The van der Waals surface area contributed by atoms with Crippen LogP contribution in [0.2, 0.25) is 0 Å². The zero-order chi connectivity index (χ0) is 9.80. The molecule has 0 unspecified atom stereocenters. The van der Waals surface area contributed by atoms with E-state index in [-0.39, 0.29) is 0 Å². The second-order valence-electron chi connectivity index (χ2n) is 2.89. The average molecular weight is 209 g/mol. The number of nitrogens with one attached hydrogen (secondary N) is 1. The van der Waals surface area contributed by atoms with Gasteiger partial charge in [-0.05, 0) is 18.5 Å². The minimum absolute atomic E-state index is 0.647. The van der Waals surface area contributed by atoms with E-state index in [4.69, 9.17) is 4.52 Å². The molecule has 0 radical (unpaired) electrons. The lowest BCUT2D eigenvalue weighted by Gasteiger charge is -1.88. The Balaban J connectivity index is 2.03. The topological polar surface area (TPSA) is 51.0 Å². The minimum Gasteiger partial charge on any atom is -0.339 e. The first-order valence-corrected chi connectivity index (χ1v) is 5.25. The molecule has 1 N–H and O–H groups in total. The van der Waals surface area contributed by atoms with Crippen LogP contribution in [0.5, 0.6) is 0 Å². The van der Waals surface area contributed by atoms with E-state index in [1.165, 1.54) is 4.88 Å². The zero-order valence-electron chi connectivity index (χ0n) is 7.86. The first-order valence-electron chi connectivity index (χ1n) is 4.37. The van der Waals surface area contributed by atoms with E-state index >= 15 is 0 Å². The summed E-state index contributed by atoms with van der Waals surface area (Å²) in [6, 6.07) is 4.08. The predicted molar refractivity (Wildman–Crippen MR) is 54.2 cm³/mol. The summed E-state index contributed by atoms with van der Waals surface area (Å²) in [5.74, 6) is 1.39. The zero-order valence-corrected chi connectivity index (χ0v) is 8.67. The summed E-state index contributed by atoms with van der Waals surface area (Å²) in [7, 11) is 1.86. The molecule has 2 heterocycles. The Kier molecular flexibility index (Phi) is 2.90. The first kappa shape index (κ1) is 9.36. The van der Waals surface area contributed by atoms with E-state index in [0.717, 1.165) is 6.42 Å². The molecule has 0 fully saturated rings. The van der Waals surface area contributed by atoms with Gasteiger partial charge in [0.15, 0.2) is 5.82 Å². The number of aromatic nitrogens is 2. The van der Waals surface area contributed by atoms with Crippen LogP contribution in [0, 0.1) is 0 Å². The van der Waals surface area contributed by atoms with Gasteiger partial charge in [-0.1, -0.05) is 11.2 Å². The summed E-state index contributed by atoms with van der Waals surface area (Å²) >= 11 is 1.70. The van der Waals surface area contributed by atoms with Gasteiger partial charge in [0.1, 0.15) is 0 Å². The highest BCUT2D eigenvalue weighted by Crippen LogP contribution is 2.13. The Bertz CT molecular complexity index is 382. The fourth-order valence-corrected chi connectivity index (χ4v) is 1.85. The largest absolute Gasteiger partial charge is 0.339 e. The average Bonchev–Trinajstić information content (AvgIpc) is 2.79. The van der Waals surface area contributed by atoms with Crippen LogP contribution in [0.15, 0.2) is 22.0 Å². The highest BCUT2D eigenvalue weighted by Gasteiger charge is 2.06. The van der Waals surface area contributed by atoms with Gasteiger partial charge < -0.3 is 9.84 Å². The van der Waals surface area contributed by atoms with Crippen LogP contribution in [0.1, 0.15) is 16.6 Å². The van der Waals surface area contributed by atoms with Crippen LogP contribution in [0.25, 0.3) is 0 Å². The van der Waals surface area contributed by atoms with Crippen molar-refractivity contribution in [3.05, 3.63) is 34.1 Å². The van der Waals surface area contributed by atoms with Gasteiger partial charge in [-0.2, -0.15) is 4.98 Å². The van der Waals surface area contributed by atoms with Crippen molar-refractivity contribution in [1.82, 2.24) is 15.5 Å². The van der Waals surface area contributed by atoms with Crippen LogP contribution >= 0.6 is 11.3 Å². The summed E-state index contributed by atoms with van der Waals surface area (Å²) in [5, 5.41) is 8.86. The Morgan fingerprint density at radius 1 is 1.57 bits per heavy atom. The van der Waals surface area contributed by atoms with Crippen molar-refractivity contribution in [2.75, 3.05) is 7.05 Å². The lowest BCUT2D eigenvalue weighted by molar-refractivity contribution is 0.379. The monoisotopic (exact) mass is 209 g/mol. The summed E-state index contributed by atoms with van der Waals surface area (Å²) < 4.78 is 5.10. The van der Waals surface area contributed by atoms with E-state index in [1.54, 1.807) is 11.3 Å². The molecule has 0 aliphatic rings. The van der Waals surface area contributed by atoms with Crippen LogP contribution in [-0.4, -0.2) is 17.2 Å². The van der Waals surface area contributed by atoms with E-state index in [0.29, 0.717) is 18.3 Å². The highest BCUT2D eigenvalue weighted by atomic mass is 32.1. The van der Waals surface area contributed by atoms with Crippen LogP contribution < -0.4 is 5.32 Å². The third-order valence-electron chi connectivity index (χ3n) is 1.75. The maximum Gasteiger partial charge on any atom is 0.231 e.